The predicted octanol–water partition coefficient (Wildman–Crippen LogP) is 2.48. The molecule has 25 heavy (non-hydrogen) atoms. The number of rotatable bonds is 6. The lowest BCUT2D eigenvalue weighted by Gasteiger charge is -2.21. The predicted molar refractivity (Wildman–Crippen MR) is 96.0 cm³/mol. The summed E-state index contributed by atoms with van der Waals surface area (Å²) in [7, 11) is 0. The van der Waals surface area contributed by atoms with E-state index in [1.807, 2.05) is 30.3 Å². The molecule has 0 aliphatic heterocycles. The summed E-state index contributed by atoms with van der Waals surface area (Å²) in [6.07, 6.45) is 7.91. The van der Waals surface area contributed by atoms with Crippen LogP contribution in [-0.4, -0.2) is 28.9 Å². The van der Waals surface area contributed by atoms with Gasteiger partial charge in [0.1, 0.15) is 6.04 Å². The van der Waals surface area contributed by atoms with Crippen molar-refractivity contribution >= 4 is 11.8 Å². The van der Waals surface area contributed by atoms with Crippen molar-refractivity contribution in [3.63, 3.8) is 0 Å². The molecule has 1 aromatic carbocycles. The first-order valence-corrected chi connectivity index (χ1v) is 8.77. The molecule has 2 N–H and O–H groups in total. The number of benzene rings is 1. The SMILES string of the molecule is O=C(N[C@@H](Cc1ccccc1)C(=O)NC1CCCC1)c1cccnc1. The van der Waals surface area contributed by atoms with Crippen molar-refractivity contribution in [1.29, 1.82) is 0 Å². The monoisotopic (exact) mass is 337 g/mol. The van der Waals surface area contributed by atoms with Gasteiger partial charge in [-0.05, 0) is 30.5 Å². The van der Waals surface area contributed by atoms with Gasteiger partial charge >= 0.3 is 0 Å². The highest BCUT2D eigenvalue weighted by Gasteiger charge is 2.25. The largest absolute Gasteiger partial charge is 0.352 e. The third-order valence-corrected chi connectivity index (χ3v) is 4.53. The zero-order valence-electron chi connectivity index (χ0n) is 14.2. The number of nitrogens with one attached hydrogen (secondary N) is 2. The Hall–Kier alpha value is -2.69. The summed E-state index contributed by atoms with van der Waals surface area (Å²) >= 11 is 0. The molecule has 1 saturated carbocycles. The molecule has 1 aliphatic carbocycles. The second-order valence-electron chi connectivity index (χ2n) is 6.45. The van der Waals surface area contributed by atoms with Crippen LogP contribution in [-0.2, 0) is 11.2 Å². The molecule has 2 amide bonds. The molecule has 1 fully saturated rings. The summed E-state index contributed by atoms with van der Waals surface area (Å²) < 4.78 is 0. The number of nitrogens with zero attached hydrogens (tertiary/aromatic N) is 1. The van der Waals surface area contributed by atoms with E-state index in [1.165, 1.54) is 6.20 Å². The molecule has 0 bridgehead atoms. The summed E-state index contributed by atoms with van der Waals surface area (Å²) in [6, 6.07) is 12.8. The average Bonchev–Trinajstić information content (AvgIpc) is 3.15. The fourth-order valence-electron chi connectivity index (χ4n) is 3.17. The first-order chi connectivity index (χ1) is 12.2. The molecule has 2 aromatic rings. The van der Waals surface area contributed by atoms with Crippen LogP contribution in [0.1, 0.15) is 41.6 Å². The van der Waals surface area contributed by atoms with Gasteiger partial charge in [0.2, 0.25) is 5.91 Å². The molecule has 5 nitrogen and oxygen atoms in total. The van der Waals surface area contributed by atoms with Crippen LogP contribution in [0.4, 0.5) is 0 Å². The Balaban J connectivity index is 1.71. The minimum Gasteiger partial charge on any atom is -0.352 e. The smallest absolute Gasteiger partial charge is 0.253 e. The topological polar surface area (TPSA) is 71.1 Å². The van der Waals surface area contributed by atoms with Crippen molar-refractivity contribution in [2.24, 2.45) is 0 Å². The highest BCUT2D eigenvalue weighted by molar-refractivity contribution is 5.97. The van der Waals surface area contributed by atoms with E-state index >= 15 is 0 Å². The minimum atomic E-state index is -0.601. The summed E-state index contributed by atoms with van der Waals surface area (Å²) in [5.41, 5.74) is 1.47. The van der Waals surface area contributed by atoms with Gasteiger partial charge in [0.25, 0.3) is 5.91 Å². The molecule has 0 spiro atoms. The maximum absolute atomic E-state index is 12.7. The van der Waals surface area contributed by atoms with Crippen molar-refractivity contribution in [2.45, 2.75) is 44.2 Å². The lowest BCUT2D eigenvalue weighted by molar-refractivity contribution is -0.123. The van der Waals surface area contributed by atoms with E-state index in [1.54, 1.807) is 18.3 Å². The van der Waals surface area contributed by atoms with Gasteiger partial charge in [0, 0.05) is 24.9 Å². The van der Waals surface area contributed by atoms with Gasteiger partial charge < -0.3 is 10.6 Å². The Morgan fingerprint density at radius 2 is 1.84 bits per heavy atom. The number of carbonyl (C=O) groups excluding carboxylic acids is 2. The normalized spacial score (nSPS) is 15.5. The molecular weight excluding hydrogens is 314 g/mol. The fraction of sp³-hybridized carbons (Fsp3) is 0.350. The van der Waals surface area contributed by atoms with Gasteiger partial charge in [-0.2, -0.15) is 0 Å². The van der Waals surface area contributed by atoms with Crippen molar-refractivity contribution in [2.75, 3.05) is 0 Å². The molecule has 0 unspecified atom stereocenters. The Bertz CT molecular complexity index is 697. The number of hydrogen-bond donors (Lipinski definition) is 2. The Morgan fingerprint density at radius 1 is 1.08 bits per heavy atom. The lowest BCUT2D eigenvalue weighted by atomic mass is 10.0. The second-order valence-corrected chi connectivity index (χ2v) is 6.45. The Morgan fingerprint density at radius 3 is 2.52 bits per heavy atom. The average molecular weight is 337 g/mol. The van der Waals surface area contributed by atoms with E-state index in [2.05, 4.69) is 15.6 Å². The molecule has 0 radical (unpaired) electrons. The van der Waals surface area contributed by atoms with E-state index in [0.717, 1.165) is 31.2 Å². The van der Waals surface area contributed by atoms with Gasteiger partial charge in [-0.15, -0.1) is 0 Å². The summed E-state index contributed by atoms with van der Waals surface area (Å²) in [6.45, 7) is 0. The van der Waals surface area contributed by atoms with Crippen LogP contribution in [0.3, 0.4) is 0 Å². The van der Waals surface area contributed by atoms with E-state index in [0.29, 0.717) is 12.0 Å². The Labute approximate surface area is 147 Å². The van der Waals surface area contributed by atoms with Crippen molar-refractivity contribution < 1.29 is 9.59 Å². The van der Waals surface area contributed by atoms with Crippen molar-refractivity contribution in [1.82, 2.24) is 15.6 Å². The summed E-state index contributed by atoms with van der Waals surface area (Å²) in [5.74, 6) is -0.399. The van der Waals surface area contributed by atoms with Crippen LogP contribution in [0.5, 0.6) is 0 Å². The lowest BCUT2D eigenvalue weighted by Crippen LogP contribution is -2.50. The quantitative estimate of drug-likeness (QED) is 0.851. The highest BCUT2D eigenvalue weighted by atomic mass is 16.2. The number of amides is 2. The molecule has 0 saturated heterocycles. The van der Waals surface area contributed by atoms with Crippen LogP contribution in [0.25, 0.3) is 0 Å². The molecule has 1 atom stereocenters. The van der Waals surface area contributed by atoms with Crippen LogP contribution in [0.2, 0.25) is 0 Å². The van der Waals surface area contributed by atoms with Crippen LogP contribution < -0.4 is 10.6 Å². The number of hydrogen-bond acceptors (Lipinski definition) is 3. The van der Waals surface area contributed by atoms with Gasteiger partial charge in [-0.1, -0.05) is 43.2 Å². The number of carbonyl (C=O) groups is 2. The van der Waals surface area contributed by atoms with Gasteiger partial charge in [-0.3, -0.25) is 14.6 Å². The van der Waals surface area contributed by atoms with Crippen LogP contribution >= 0.6 is 0 Å². The number of pyridine rings is 1. The fourth-order valence-corrected chi connectivity index (χ4v) is 3.17. The molecular formula is C20H23N3O2. The van der Waals surface area contributed by atoms with Gasteiger partial charge in [-0.25, -0.2) is 0 Å². The zero-order valence-corrected chi connectivity index (χ0v) is 14.2. The second kappa shape index (κ2) is 8.42. The molecule has 1 aliphatic rings. The maximum atomic E-state index is 12.7. The summed E-state index contributed by atoms with van der Waals surface area (Å²) in [4.78, 5) is 29.1. The van der Waals surface area contributed by atoms with Crippen molar-refractivity contribution in [3.05, 3.63) is 66.0 Å². The molecule has 5 heteroatoms. The first kappa shape index (κ1) is 17.1. The molecule has 1 heterocycles. The van der Waals surface area contributed by atoms with E-state index in [9.17, 15) is 9.59 Å². The minimum absolute atomic E-state index is 0.118. The Kier molecular flexibility index (Phi) is 5.77. The molecule has 130 valence electrons. The zero-order chi connectivity index (χ0) is 17.5. The third-order valence-electron chi connectivity index (χ3n) is 4.53. The van der Waals surface area contributed by atoms with Crippen LogP contribution in [0, 0.1) is 0 Å². The maximum Gasteiger partial charge on any atom is 0.253 e. The standard InChI is InChI=1S/C20H23N3O2/c24-19(16-9-6-12-21-14-16)23-18(13-15-7-2-1-3-8-15)20(25)22-17-10-4-5-11-17/h1-3,6-9,12,14,17-18H,4-5,10-11,13H2,(H,22,25)(H,23,24)/t18-/m0/s1. The van der Waals surface area contributed by atoms with Gasteiger partial charge in [0.05, 0.1) is 5.56 Å². The number of aromatic nitrogens is 1. The summed E-state index contributed by atoms with van der Waals surface area (Å²) in [5, 5.41) is 5.95. The first-order valence-electron chi connectivity index (χ1n) is 8.77. The van der Waals surface area contributed by atoms with E-state index in [-0.39, 0.29) is 17.9 Å². The van der Waals surface area contributed by atoms with Crippen LogP contribution in [0.15, 0.2) is 54.9 Å². The van der Waals surface area contributed by atoms with Crippen molar-refractivity contribution in [3.8, 4) is 0 Å². The van der Waals surface area contributed by atoms with E-state index in [4.69, 9.17) is 0 Å². The highest BCUT2D eigenvalue weighted by Crippen LogP contribution is 2.18. The third kappa shape index (κ3) is 4.89. The van der Waals surface area contributed by atoms with Gasteiger partial charge in [0.15, 0.2) is 0 Å². The molecule has 3 rings (SSSR count). The van der Waals surface area contributed by atoms with E-state index < -0.39 is 6.04 Å². The molecule has 1 aromatic heterocycles.